The standard InChI is InChI=1S/C7H15N3O.C2H6/c1-11-6-7(2-3-7)10(9)5-4-8;1-2/h4-5H,2-3,6,8-9H2,1H3;1-2H3/b5-4-;. The SMILES string of the molecule is CC.COCC1(N(N)/C=C\N)CC1. The molecule has 0 spiro atoms. The Morgan fingerprint density at radius 1 is 1.46 bits per heavy atom. The summed E-state index contributed by atoms with van der Waals surface area (Å²) < 4.78 is 5.04. The van der Waals surface area contributed by atoms with Crippen molar-refractivity contribution in [2.75, 3.05) is 13.7 Å². The fourth-order valence-corrected chi connectivity index (χ4v) is 1.14. The molecule has 0 aromatic carbocycles. The Morgan fingerprint density at radius 2 is 2.00 bits per heavy atom. The Hall–Kier alpha value is -0.740. The zero-order chi connectivity index (χ0) is 10.3. The maximum atomic E-state index is 5.70. The molecule has 1 fully saturated rings. The van der Waals surface area contributed by atoms with Crippen molar-refractivity contribution in [1.29, 1.82) is 0 Å². The van der Waals surface area contributed by atoms with E-state index < -0.39 is 0 Å². The summed E-state index contributed by atoms with van der Waals surface area (Å²) in [5.74, 6) is 5.70. The second kappa shape index (κ2) is 5.83. The summed E-state index contributed by atoms with van der Waals surface area (Å²) in [6.07, 6.45) is 5.28. The van der Waals surface area contributed by atoms with Crippen LogP contribution in [0.2, 0.25) is 0 Å². The second-order valence-corrected chi connectivity index (χ2v) is 2.91. The van der Waals surface area contributed by atoms with Gasteiger partial charge in [-0.3, -0.25) is 0 Å². The monoisotopic (exact) mass is 187 g/mol. The Labute approximate surface area is 80.5 Å². The van der Waals surface area contributed by atoms with E-state index in [1.807, 2.05) is 13.8 Å². The zero-order valence-electron chi connectivity index (χ0n) is 8.79. The normalized spacial score (nSPS) is 17.8. The van der Waals surface area contributed by atoms with Gasteiger partial charge in [-0.25, -0.2) is 5.84 Å². The van der Waals surface area contributed by atoms with E-state index in [2.05, 4.69) is 0 Å². The average Bonchev–Trinajstić information content (AvgIpc) is 2.91. The molecule has 4 nitrogen and oxygen atoms in total. The highest BCUT2D eigenvalue weighted by atomic mass is 16.5. The molecular weight excluding hydrogens is 166 g/mol. The van der Waals surface area contributed by atoms with Gasteiger partial charge < -0.3 is 15.5 Å². The highest BCUT2D eigenvalue weighted by molar-refractivity contribution is 5.05. The summed E-state index contributed by atoms with van der Waals surface area (Å²) >= 11 is 0. The van der Waals surface area contributed by atoms with Gasteiger partial charge in [0.25, 0.3) is 0 Å². The number of hydrazine groups is 1. The van der Waals surface area contributed by atoms with Crippen molar-refractivity contribution in [3.05, 3.63) is 12.4 Å². The van der Waals surface area contributed by atoms with Crippen LogP contribution in [0.3, 0.4) is 0 Å². The predicted octanol–water partition coefficient (Wildman–Crippen LogP) is 0.797. The van der Waals surface area contributed by atoms with E-state index >= 15 is 0 Å². The first kappa shape index (κ1) is 12.3. The lowest BCUT2D eigenvalue weighted by Gasteiger charge is -2.24. The minimum Gasteiger partial charge on any atom is -0.403 e. The molecule has 1 aliphatic rings. The maximum absolute atomic E-state index is 5.70. The van der Waals surface area contributed by atoms with Crippen molar-refractivity contribution in [2.24, 2.45) is 11.6 Å². The summed E-state index contributed by atoms with van der Waals surface area (Å²) in [6.45, 7) is 4.67. The molecule has 13 heavy (non-hydrogen) atoms. The van der Waals surface area contributed by atoms with Crippen LogP contribution in [-0.4, -0.2) is 24.3 Å². The van der Waals surface area contributed by atoms with Gasteiger partial charge in [0.05, 0.1) is 12.1 Å². The number of hydrogen-bond donors (Lipinski definition) is 2. The van der Waals surface area contributed by atoms with E-state index in [9.17, 15) is 0 Å². The lowest BCUT2D eigenvalue weighted by Crippen LogP contribution is -2.41. The third-order valence-electron chi connectivity index (χ3n) is 2.03. The van der Waals surface area contributed by atoms with Gasteiger partial charge in [-0.05, 0) is 12.8 Å². The third-order valence-corrected chi connectivity index (χ3v) is 2.03. The summed E-state index contributed by atoms with van der Waals surface area (Å²) in [5, 5.41) is 1.64. The quantitative estimate of drug-likeness (QED) is 0.504. The summed E-state index contributed by atoms with van der Waals surface area (Å²) in [6, 6.07) is 0. The Balaban J connectivity index is 0.000000671. The van der Waals surface area contributed by atoms with E-state index in [0.29, 0.717) is 6.61 Å². The van der Waals surface area contributed by atoms with Crippen LogP contribution in [0.15, 0.2) is 12.4 Å². The van der Waals surface area contributed by atoms with Gasteiger partial charge in [0.15, 0.2) is 0 Å². The molecule has 0 aromatic rings. The van der Waals surface area contributed by atoms with Crippen LogP contribution in [0.1, 0.15) is 26.7 Å². The van der Waals surface area contributed by atoms with Crippen LogP contribution in [0.5, 0.6) is 0 Å². The Bertz CT molecular complexity index is 155. The second-order valence-electron chi connectivity index (χ2n) is 2.91. The van der Waals surface area contributed by atoms with E-state index in [-0.39, 0.29) is 5.54 Å². The average molecular weight is 187 g/mol. The number of methoxy groups -OCH3 is 1. The molecular formula is C9H21N3O. The molecule has 4 N–H and O–H groups in total. The minimum atomic E-state index is 0.0324. The van der Waals surface area contributed by atoms with Crippen LogP contribution in [-0.2, 0) is 4.74 Å². The first-order valence-corrected chi connectivity index (χ1v) is 4.66. The number of nitrogens with two attached hydrogens (primary N) is 2. The van der Waals surface area contributed by atoms with Crippen LogP contribution in [0.25, 0.3) is 0 Å². The molecule has 0 radical (unpaired) electrons. The number of rotatable bonds is 4. The van der Waals surface area contributed by atoms with Gasteiger partial charge in [-0.1, -0.05) is 13.8 Å². The van der Waals surface area contributed by atoms with Gasteiger partial charge in [-0.2, -0.15) is 0 Å². The number of ether oxygens (including phenoxy) is 1. The van der Waals surface area contributed by atoms with Gasteiger partial charge in [-0.15, -0.1) is 0 Å². The molecule has 0 heterocycles. The maximum Gasteiger partial charge on any atom is 0.0789 e. The molecule has 0 bridgehead atoms. The Morgan fingerprint density at radius 3 is 2.31 bits per heavy atom. The Kier molecular flexibility index (Phi) is 5.50. The van der Waals surface area contributed by atoms with Crippen molar-refractivity contribution >= 4 is 0 Å². The van der Waals surface area contributed by atoms with Crippen LogP contribution < -0.4 is 11.6 Å². The molecule has 0 aliphatic heterocycles. The van der Waals surface area contributed by atoms with Gasteiger partial charge in [0.1, 0.15) is 0 Å². The molecule has 0 amide bonds. The molecule has 0 unspecified atom stereocenters. The highest BCUT2D eigenvalue weighted by Gasteiger charge is 2.46. The van der Waals surface area contributed by atoms with Gasteiger partial charge in [0.2, 0.25) is 0 Å². The first-order valence-electron chi connectivity index (χ1n) is 4.66. The number of nitrogens with zero attached hydrogens (tertiary/aromatic N) is 1. The van der Waals surface area contributed by atoms with Gasteiger partial charge in [0, 0.05) is 19.5 Å². The number of hydrogen-bond acceptors (Lipinski definition) is 4. The zero-order valence-corrected chi connectivity index (χ0v) is 8.79. The van der Waals surface area contributed by atoms with Crippen molar-refractivity contribution < 1.29 is 4.74 Å². The molecule has 0 aromatic heterocycles. The van der Waals surface area contributed by atoms with E-state index in [1.54, 1.807) is 18.3 Å². The molecule has 1 aliphatic carbocycles. The summed E-state index contributed by atoms with van der Waals surface area (Å²) in [4.78, 5) is 0. The summed E-state index contributed by atoms with van der Waals surface area (Å²) in [7, 11) is 1.68. The largest absolute Gasteiger partial charge is 0.403 e. The van der Waals surface area contributed by atoms with E-state index in [1.165, 1.54) is 6.20 Å². The highest BCUT2D eigenvalue weighted by Crippen LogP contribution is 2.40. The molecule has 4 heteroatoms. The summed E-state index contributed by atoms with van der Waals surface area (Å²) in [5.41, 5.74) is 5.24. The van der Waals surface area contributed by atoms with Crippen molar-refractivity contribution in [3.8, 4) is 0 Å². The van der Waals surface area contributed by atoms with Crippen molar-refractivity contribution in [2.45, 2.75) is 32.2 Å². The fourth-order valence-electron chi connectivity index (χ4n) is 1.14. The topological polar surface area (TPSA) is 64.5 Å². The smallest absolute Gasteiger partial charge is 0.0789 e. The lowest BCUT2D eigenvalue weighted by molar-refractivity contribution is 0.104. The molecule has 1 saturated carbocycles. The minimum absolute atomic E-state index is 0.0324. The predicted molar refractivity (Wildman–Crippen MR) is 54.5 cm³/mol. The molecule has 0 saturated heterocycles. The lowest BCUT2D eigenvalue weighted by atomic mass is 10.3. The molecule has 0 atom stereocenters. The fraction of sp³-hybridized carbons (Fsp3) is 0.778. The van der Waals surface area contributed by atoms with Crippen molar-refractivity contribution in [1.82, 2.24) is 5.01 Å². The third kappa shape index (κ3) is 3.24. The van der Waals surface area contributed by atoms with Crippen LogP contribution in [0, 0.1) is 0 Å². The first-order chi connectivity index (χ1) is 6.25. The van der Waals surface area contributed by atoms with Crippen molar-refractivity contribution in [3.63, 3.8) is 0 Å². The van der Waals surface area contributed by atoms with Crippen LogP contribution in [0.4, 0.5) is 0 Å². The van der Waals surface area contributed by atoms with E-state index in [0.717, 1.165) is 12.8 Å². The molecule has 1 rings (SSSR count). The van der Waals surface area contributed by atoms with Gasteiger partial charge >= 0.3 is 0 Å². The van der Waals surface area contributed by atoms with Crippen LogP contribution >= 0.6 is 0 Å². The van der Waals surface area contributed by atoms with E-state index in [4.69, 9.17) is 16.3 Å². The molecule has 78 valence electrons.